The second kappa shape index (κ2) is 8.13. The van der Waals surface area contributed by atoms with Gasteiger partial charge in [-0.3, -0.25) is 0 Å². The lowest BCUT2D eigenvalue weighted by Gasteiger charge is -2.10. The van der Waals surface area contributed by atoms with Gasteiger partial charge in [-0.2, -0.15) is 0 Å². The van der Waals surface area contributed by atoms with Crippen LogP contribution in [0.25, 0.3) is 22.3 Å². The van der Waals surface area contributed by atoms with Gasteiger partial charge in [0.05, 0.1) is 0 Å². The van der Waals surface area contributed by atoms with Crippen molar-refractivity contribution in [1.29, 1.82) is 0 Å². The lowest BCUT2D eigenvalue weighted by atomic mass is 9.97. The van der Waals surface area contributed by atoms with E-state index in [1.807, 2.05) is 24.3 Å². The number of aromatic hydroxyl groups is 1. The molecule has 0 heterocycles. The highest BCUT2D eigenvalue weighted by atomic mass is 19.2. The molecule has 3 rings (SSSR count). The Morgan fingerprint density at radius 3 is 1.88 bits per heavy atom. The normalized spacial score (nSPS) is 10.9. The summed E-state index contributed by atoms with van der Waals surface area (Å²) in [7, 11) is 0. The molecule has 0 spiro atoms. The zero-order valence-electron chi connectivity index (χ0n) is 14.8. The van der Waals surface area contributed by atoms with Crippen molar-refractivity contribution in [3.05, 3.63) is 77.9 Å². The Labute approximate surface area is 152 Å². The molecule has 0 saturated carbocycles. The maximum atomic E-state index is 14.5. The quantitative estimate of drug-likeness (QED) is 0.487. The number of phenols is 1. The molecule has 134 valence electrons. The van der Waals surface area contributed by atoms with E-state index in [9.17, 15) is 13.9 Å². The van der Waals surface area contributed by atoms with E-state index in [4.69, 9.17) is 0 Å². The zero-order valence-corrected chi connectivity index (χ0v) is 14.8. The molecule has 0 bridgehead atoms. The second-order valence-corrected chi connectivity index (χ2v) is 6.48. The molecule has 0 radical (unpaired) electrons. The standard InChI is InChI=1S/C23H22F2O/c1-2-3-4-5-19-12-15-21(23(25)22(19)24)18-8-6-16(7-9-18)17-10-13-20(26)14-11-17/h6-15,26H,2-5H2,1H3. The topological polar surface area (TPSA) is 20.2 Å². The Morgan fingerprint density at radius 2 is 1.27 bits per heavy atom. The van der Waals surface area contributed by atoms with Gasteiger partial charge in [0.1, 0.15) is 5.75 Å². The summed E-state index contributed by atoms with van der Waals surface area (Å²) >= 11 is 0. The summed E-state index contributed by atoms with van der Waals surface area (Å²) in [6.07, 6.45) is 3.50. The van der Waals surface area contributed by atoms with Gasteiger partial charge < -0.3 is 5.11 Å². The maximum absolute atomic E-state index is 14.5. The van der Waals surface area contributed by atoms with E-state index in [0.717, 1.165) is 30.4 Å². The van der Waals surface area contributed by atoms with Crippen LogP contribution in [0.3, 0.4) is 0 Å². The summed E-state index contributed by atoms with van der Waals surface area (Å²) in [5.74, 6) is -1.31. The van der Waals surface area contributed by atoms with Crippen molar-refractivity contribution in [1.82, 2.24) is 0 Å². The molecule has 1 nitrogen and oxygen atoms in total. The average molecular weight is 352 g/mol. The summed E-state index contributed by atoms with van der Waals surface area (Å²) < 4.78 is 28.9. The highest BCUT2D eigenvalue weighted by molar-refractivity contribution is 5.71. The van der Waals surface area contributed by atoms with Crippen LogP contribution in [0.1, 0.15) is 31.7 Å². The molecular formula is C23H22F2O. The van der Waals surface area contributed by atoms with Crippen LogP contribution in [-0.2, 0) is 6.42 Å². The molecule has 0 aromatic heterocycles. The van der Waals surface area contributed by atoms with Crippen molar-refractivity contribution in [3.8, 4) is 28.0 Å². The molecule has 3 aromatic carbocycles. The van der Waals surface area contributed by atoms with Gasteiger partial charge >= 0.3 is 0 Å². The van der Waals surface area contributed by atoms with Crippen molar-refractivity contribution in [3.63, 3.8) is 0 Å². The molecule has 0 unspecified atom stereocenters. The third-order valence-corrected chi connectivity index (χ3v) is 4.61. The number of hydrogen-bond acceptors (Lipinski definition) is 1. The Kier molecular flexibility index (Phi) is 5.67. The highest BCUT2D eigenvalue weighted by Gasteiger charge is 2.14. The molecule has 3 heteroatoms. The van der Waals surface area contributed by atoms with Crippen LogP contribution >= 0.6 is 0 Å². The third kappa shape index (κ3) is 3.93. The number of benzene rings is 3. The summed E-state index contributed by atoms with van der Waals surface area (Å²) in [6.45, 7) is 2.09. The lowest BCUT2D eigenvalue weighted by Crippen LogP contribution is -1.97. The van der Waals surface area contributed by atoms with E-state index in [-0.39, 0.29) is 11.3 Å². The van der Waals surface area contributed by atoms with Gasteiger partial charge in [0.15, 0.2) is 11.6 Å². The molecular weight excluding hydrogens is 330 g/mol. The minimum Gasteiger partial charge on any atom is -0.508 e. The Bertz CT molecular complexity index is 868. The van der Waals surface area contributed by atoms with Crippen molar-refractivity contribution >= 4 is 0 Å². The number of aryl methyl sites for hydroxylation is 1. The average Bonchev–Trinajstić information content (AvgIpc) is 2.66. The molecule has 0 atom stereocenters. The van der Waals surface area contributed by atoms with Crippen molar-refractivity contribution in [2.45, 2.75) is 32.6 Å². The predicted molar refractivity (Wildman–Crippen MR) is 102 cm³/mol. The molecule has 0 aliphatic heterocycles. The Hall–Kier alpha value is -2.68. The van der Waals surface area contributed by atoms with E-state index >= 15 is 0 Å². The maximum Gasteiger partial charge on any atom is 0.166 e. The van der Waals surface area contributed by atoms with Gasteiger partial charge in [-0.25, -0.2) is 8.78 Å². The van der Waals surface area contributed by atoms with Gasteiger partial charge in [-0.1, -0.05) is 68.3 Å². The van der Waals surface area contributed by atoms with Crippen LogP contribution < -0.4 is 0 Å². The molecule has 0 aliphatic carbocycles. The number of unbranched alkanes of at least 4 members (excludes halogenated alkanes) is 2. The third-order valence-electron chi connectivity index (χ3n) is 4.61. The van der Waals surface area contributed by atoms with E-state index in [0.29, 0.717) is 17.5 Å². The first-order valence-electron chi connectivity index (χ1n) is 8.97. The van der Waals surface area contributed by atoms with Gasteiger partial charge in [0.25, 0.3) is 0 Å². The lowest BCUT2D eigenvalue weighted by molar-refractivity contribution is 0.475. The van der Waals surface area contributed by atoms with Gasteiger partial charge in [-0.05, 0) is 47.2 Å². The predicted octanol–water partition coefficient (Wildman–Crippen LogP) is 6.74. The minimum atomic E-state index is -0.781. The second-order valence-electron chi connectivity index (χ2n) is 6.48. The molecule has 26 heavy (non-hydrogen) atoms. The first kappa shape index (κ1) is 18.1. The van der Waals surface area contributed by atoms with Crippen LogP contribution in [0.2, 0.25) is 0 Å². The van der Waals surface area contributed by atoms with Gasteiger partial charge in [0, 0.05) is 5.56 Å². The van der Waals surface area contributed by atoms with Crippen LogP contribution in [-0.4, -0.2) is 5.11 Å². The minimum absolute atomic E-state index is 0.210. The molecule has 3 aromatic rings. The molecule has 0 fully saturated rings. The zero-order chi connectivity index (χ0) is 18.5. The molecule has 0 aliphatic rings. The van der Waals surface area contributed by atoms with E-state index in [1.165, 1.54) is 0 Å². The van der Waals surface area contributed by atoms with Crippen molar-refractivity contribution < 1.29 is 13.9 Å². The molecule has 0 amide bonds. The number of rotatable bonds is 6. The Morgan fingerprint density at radius 1 is 0.692 bits per heavy atom. The van der Waals surface area contributed by atoms with E-state index in [2.05, 4.69) is 6.92 Å². The number of hydrogen-bond donors (Lipinski definition) is 1. The fourth-order valence-corrected chi connectivity index (χ4v) is 3.07. The van der Waals surface area contributed by atoms with Gasteiger partial charge in [-0.15, -0.1) is 0 Å². The SMILES string of the molecule is CCCCCc1ccc(-c2ccc(-c3ccc(O)cc3)cc2)c(F)c1F. The van der Waals surface area contributed by atoms with Crippen LogP contribution in [0, 0.1) is 11.6 Å². The van der Waals surface area contributed by atoms with Gasteiger partial charge in [0.2, 0.25) is 0 Å². The summed E-state index contributed by atoms with van der Waals surface area (Å²) in [5.41, 5.74) is 3.27. The van der Waals surface area contributed by atoms with Crippen LogP contribution in [0.15, 0.2) is 60.7 Å². The largest absolute Gasteiger partial charge is 0.508 e. The molecule has 1 N–H and O–H groups in total. The Balaban J connectivity index is 1.85. The monoisotopic (exact) mass is 352 g/mol. The van der Waals surface area contributed by atoms with Crippen LogP contribution in [0.5, 0.6) is 5.75 Å². The first-order chi connectivity index (χ1) is 12.6. The summed E-state index contributed by atoms with van der Waals surface area (Å²) in [5, 5.41) is 9.37. The van der Waals surface area contributed by atoms with Crippen molar-refractivity contribution in [2.24, 2.45) is 0 Å². The molecule has 0 saturated heterocycles. The fourth-order valence-electron chi connectivity index (χ4n) is 3.07. The number of halogens is 2. The first-order valence-corrected chi connectivity index (χ1v) is 8.97. The summed E-state index contributed by atoms with van der Waals surface area (Å²) in [4.78, 5) is 0. The summed E-state index contributed by atoms with van der Waals surface area (Å²) in [6, 6.07) is 17.5. The van der Waals surface area contributed by atoms with E-state index < -0.39 is 11.6 Å². The number of phenolic OH excluding ortho intramolecular Hbond substituents is 1. The van der Waals surface area contributed by atoms with Crippen molar-refractivity contribution in [2.75, 3.05) is 0 Å². The smallest absolute Gasteiger partial charge is 0.166 e. The van der Waals surface area contributed by atoms with Crippen LogP contribution in [0.4, 0.5) is 8.78 Å². The fraction of sp³-hybridized carbons (Fsp3) is 0.217. The van der Waals surface area contributed by atoms with E-state index in [1.54, 1.807) is 36.4 Å². The highest BCUT2D eigenvalue weighted by Crippen LogP contribution is 2.30.